The second-order valence-electron chi connectivity index (χ2n) is 4.98. The Kier molecular flexibility index (Phi) is 6.37. The lowest BCUT2D eigenvalue weighted by Crippen LogP contribution is -2.28. The number of amides is 1. The summed E-state index contributed by atoms with van der Waals surface area (Å²) in [5.74, 6) is -0.232. The van der Waals surface area contributed by atoms with Gasteiger partial charge in [0.05, 0.1) is 24.3 Å². The van der Waals surface area contributed by atoms with Crippen molar-refractivity contribution in [1.29, 1.82) is 5.26 Å². The molecule has 1 unspecified atom stereocenters. The molecule has 0 aliphatic rings. The minimum Gasteiger partial charge on any atom is -0.493 e. The van der Waals surface area contributed by atoms with Crippen molar-refractivity contribution in [3.63, 3.8) is 0 Å². The van der Waals surface area contributed by atoms with E-state index in [2.05, 4.69) is 21.2 Å². The van der Waals surface area contributed by atoms with E-state index in [1.54, 1.807) is 12.1 Å². The van der Waals surface area contributed by atoms with Crippen molar-refractivity contribution < 1.29 is 18.7 Å². The van der Waals surface area contributed by atoms with Crippen LogP contribution in [0, 0.1) is 17.1 Å². The van der Waals surface area contributed by atoms with Gasteiger partial charge in [0, 0.05) is 11.1 Å². The molecular weight excluding hydrogens is 391 g/mol. The quantitative estimate of drug-likeness (QED) is 0.786. The summed E-state index contributed by atoms with van der Waals surface area (Å²) in [4.78, 5) is 12.5. The molecule has 0 spiro atoms. The standard InChI is InChI=1S/C18H16BrFN2O3/c1-3-25-17-13(19)8-11(9-16(17)24-2)18(23)22-15(10-21)12-6-4-5-7-14(12)20/h4-9,15H,3H2,1-2H3,(H,22,23). The van der Waals surface area contributed by atoms with Gasteiger partial charge in [0.15, 0.2) is 11.5 Å². The van der Waals surface area contributed by atoms with Gasteiger partial charge in [0.25, 0.3) is 5.91 Å². The number of nitrogens with one attached hydrogen (secondary N) is 1. The van der Waals surface area contributed by atoms with Gasteiger partial charge < -0.3 is 14.8 Å². The molecule has 0 aliphatic carbocycles. The number of carbonyl (C=O) groups excluding carboxylic acids is 1. The Hall–Kier alpha value is -2.59. The first kappa shape index (κ1) is 18.7. The number of nitriles is 1. The van der Waals surface area contributed by atoms with Crippen LogP contribution >= 0.6 is 15.9 Å². The number of carbonyl (C=O) groups is 1. The highest BCUT2D eigenvalue weighted by molar-refractivity contribution is 9.10. The maximum Gasteiger partial charge on any atom is 0.252 e. The van der Waals surface area contributed by atoms with Crippen LogP contribution in [0.3, 0.4) is 0 Å². The highest BCUT2D eigenvalue weighted by Gasteiger charge is 2.20. The molecule has 0 heterocycles. The fourth-order valence-corrected chi connectivity index (χ4v) is 2.80. The Bertz CT molecular complexity index is 820. The molecule has 5 nitrogen and oxygen atoms in total. The Labute approximate surface area is 153 Å². The SMILES string of the molecule is CCOc1c(Br)cc(C(=O)NC(C#N)c2ccccc2F)cc1OC. The van der Waals surface area contributed by atoms with Crippen LogP contribution in [0.2, 0.25) is 0 Å². The zero-order valence-electron chi connectivity index (χ0n) is 13.7. The number of rotatable bonds is 6. The maximum atomic E-state index is 13.9. The van der Waals surface area contributed by atoms with Gasteiger partial charge in [-0.3, -0.25) is 4.79 Å². The van der Waals surface area contributed by atoms with Crippen molar-refractivity contribution in [2.24, 2.45) is 0 Å². The van der Waals surface area contributed by atoms with Crippen molar-refractivity contribution in [1.82, 2.24) is 5.32 Å². The lowest BCUT2D eigenvalue weighted by atomic mass is 10.1. The summed E-state index contributed by atoms with van der Waals surface area (Å²) in [5, 5.41) is 11.8. The average Bonchev–Trinajstić information content (AvgIpc) is 2.61. The number of nitrogens with zero attached hydrogens (tertiary/aromatic N) is 1. The largest absolute Gasteiger partial charge is 0.493 e. The molecule has 2 aromatic rings. The van der Waals surface area contributed by atoms with Gasteiger partial charge in [-0.05, 0) is 41.1 Å². The molecule has 1 amide bonds. The molecule has 1 N–H and O–H groups in total. The summed E-state index contributed by atoms with van der Waals surface area (Å²) < 4.78 is 25.1. The van der Waals surface area contributed by atoms with Gasteiger partial charge in [0.2, 0.25) is 0 Å². The molecule has 0 fully saturated rings. The summed E-state index contributed by atoms with van der Waals surface area (Å²) in [6.07, 6.45) is 0. The number of benzene rings is 2. The van der Waals surface area contributed by atoms with E-state index >= 15 is 0 Å². The molecule has 7 heteroatoms. The third-order valence-electron chi connectivity index (χ3n) is 3.40. The fourth-order valence-electron chi connectivity index (χ4n) is 2.24. The zero-order chi connectivity index (χ0) is 18.4. The molecule has 0 saturated heterocycles. The highest BCUT2D eigenvalue weighted by atomic mass is 79.9. The van der Waals surface area contributed by atoms with Crippen molar-refractivity contribution in [2.75, 3.05) is 13.7 Å². The second kappa shape index (κ2) is 8.49. The number of hydrogen-bond donors (Lipinski definition) is 1. The van der Waals surface area contributed by atoms with Crippen LogP contribution in [-0.4, -0.2) is 19.6 Å². The topological polar surface area (TPSA) is 71.3 Å². The van der Waals surface area contributed by atoms with Gasteiger partial charge in [0.1, 0.15) is 11.9 Å². The van der Waals surface area contributed by atoms with E-state index in [9.17, 15) is 14.4 Å². The molecule has 0 aromatic heterocycles. The summed E-state index contributed by atoms with van der Waals surface area (Å²) in [7, 11) is 1.46. The summed E-state index contributed by atoms with van der Waals surface area (Å²) in [5.41, 5.74) is 0.360. The molecule has 130 valence electrons. The molecule has 1 atom stereocenters. The first-order chi connectivity index (χ1) is 12.0. The summed E-state index contributed by atoms with van der Waals surface area (Å²) in [6, 6.07) is 9.66. The third-order valence-corrected chi connectivity index (χ3v) is 3.99. The molecule has 2 rings (SSSR count). The molecule has 2 aromatic carbocycles. The number of ether oxygens (including phenoxy) is 2. The van der Waals surface area contributed by atoms with Gasteiger partial charge in [-0.2, -0.15) is 5.26 Å². The Morgan fingerprint density at radius 2 is 2.12 bits per heavy atom. The van der Waals surface area contributed by atoms with Gasteiger partial charge >= 0.3 is 0 Å². The minimum absolute atomic E-state index is 0.107. The van der Waals surface area contributed by atoms with Crippen molar-refractivity contribution in [2.45, 2.75) is 13.0 Å². The molecule has 0 bridgehead atoms. The predicted octanol–water partition coefficient (Wildman–Crippen LogP) is 3.99. The zero-order valence-corrected chi connectivity index (χ0v) is 15.3. The van der Waals surface area contributed by atoms with Crippen LogP contribution in [0.4, 0.5) is 4.39 Å². The molecular formula is C18H16BrFN2O3. The van der Waals surface area contributed by atoms with E-state index in [-0.39, 0.29) is 11.1 Å². The normalized spacial score (nSPS) is 11.3. The van der Waals surface area contributed by atoms with Gasteiger partial charge in [-0.1, -0.05) is 18.2 Å². The van der Waals surface area contributed by atoms with E-state index < -0.39 is 17.8 Å². The monoisotopic (exact) mass is 406 g/mol. The van der Waals surface area contributed by atoms with E-state index in [4.69, 9.17) is 9.47 Å². The maximum absolute atomic E-state index is 13.9. The van der Waals surface area contributed by atoms with Gasteiger partial charge in [-0.25, -0.2) is 4.39 Å². The summed E-state index contributed by atoms with van der Waals surface area (Å²) in [6.45, 7) is 2.27. The first-order valence-corrected chi connectivity index (χ1v) is 8.26. The smallest absolute Gasteiger partial charge is 0.252 e. The number of halogens is 2. The van der Waals surface area contributed by atoms with Crippen molar-refractivity contribution in [3.8, 4) is 17.6 Å². The molecule has 0 aliphatic heterocycles. The van der Waals surface area contributed by atoms with E-state index in [1.165, 1.54) is 31.4 Å². The Morgan fingerprint density at radius 1 is 1.40 bits per heavy atom. The van der Waals surface area contributed by atoms with Crippen LogP contribution in [-0.2, 0) is 0 Å². The predicted molar refractivity (Wildman–Crippen MR) is 94.1 cm³/mol. The third kappa shape index (κ3) is 4.28. The first-order valence-electron chi connectivity index (χ1n) is 7.47. The number of methoxy groups -OCH3 is 1. The highest BCUT2D eigenvalue weighted by Crippen LogP contribution is 2.36. The molecule has 0 radical (unpaired) electrons. The Morgan fingerprint density at radius 3 is 2.72 bits per heavy atom. The lowest BCUT2D eigenvalue weighted by Gasteiger charge is -2.15. The van der Waals surface area contributed by atoms with Crippen LogP contribution < -0.4 is 14.8 Å². The molecule has 25 heavy (non-hydrogen) atoms. The van der Waals surface area contributed by atoms with Gasteiger partial charge in [-0.15, -0.1) is 0 Å². The van der Waals surface area contributed by atoms with E-state index in [0.29, 0.717) is 22.6 Å². The Balaban J connectivity index is 2.30. The van der Waals surface area contributed by atoms with E-state index in [0.717, 1.165) is 0 Å². The lowest BCUT2D eigenvalue weighted by molar-refractivity contribution is 0.0944. The van der Waals surface area contributed by atoms with Crippen molar-refractivity contribution in [3.05, 3.63) is 57.8 Å². The minimum atomic E-state index is -1.11. The van der Waals surface area contributed by atoms with Crippen LogP contribution in [0.1, 0.15) is 28.9 Å². The fraction of sp³-hybridized carbons (Fsp3) is 0.222. The summed E-state index contributed by atoms with van der Waals surface area (Å²) >= 11 is 3.34. The average molecular weight is 407 g/mol. The van der Waals surface area contributed by atoms with Crippen molar-refractivity contribution >= 4 is 21.8 Å². The number of hydrogen-bond acceptors (Lipinski definition) is 4. The molecule has 0 saturated carbocycles. The van der Waals surface area contributed by atoms with E-state index in [1.807, 2.05) is 13.0 Å². The second-order valence-corrected chi connectivity index (χ2v) is 5.83. The van der Waals surface area contributed by atoms with Crippen LogP contribution in [0.5, 0.6) is 11.5 Å². The van der Waals surface area contributed by atoms with Crippen LogP contribution in [0.15, 0.2) is 40.9 Å². The van der Waals surface area contributed by atoms with Crippen LogP contribution in [0.25, 0.3) is 0 Å².